The summed E-state index contributed by atoms with van der Waals surface area (Å²) >= 11 is 0. The molecule has 2 N–H and O–H groups in total. The maximum Gasteiger partial charge on any atom is 0.142 e. The van der Waals surface area contributed by atoms with Gasteiger partial charge in [0.1, 0.15) is 11.9 Å². The number of nitrogen functional groups attached to an aromatic ring is 1. The third-order valence-corrected chi connectivity index (χ3v) is 3.79. The molecule has 0 aromatic heterocycles. The van der Waals surface area contributed by atoms with E-state index in [4.69, 9.17) is 10.5 Å². The molecule has 3 aliphatic rings. The number of hydrogen-bond acceptors (Lipinski definition) is 3. The van der Waals surface area contributed by atoms with Crippen molar-refractivity contribution in [1.29, 1.82) is 0 Å². The average Bonchev–Trinajstić information content (AvgIpc) is 2.34. The minimum atomic E-state index is 0.340. The molecule has 1 aromatic rings. The molecule has 3 heterocycles. The van der Waals surface area contributed by atoms with Gasteiger partial charge >= 0.3 is 0 Å². The minimum absolute atomic E-state index is 0.340. The quantitative estimate of drug-likeness (QED) is 0.768. The molecule has 4 rings (SSSR count). The third-order valence-electron chi connectivity index (χ3n) is 3.79. The zero-order chi connectivity index (χ0) is 11.0. The predicted octanol–water partition coefficient (Wildman–Crippen LogP) is 1.74. The number of nitrogens with zero attached hydrogens (tertiary/aromatic N) is 1. The lowest BCUT2D eigenvalue weighted by atomic mass is 9.86. The van der Waals surface area contributed by atoms with Gasteiger partial charge in [-0.2, -0.15) is 0 Å². The van der Waals surface area contributed by atoms with E-state index in [9.17, 15) is 0 Å². The summed E-state index contributed by atoms with van der Waals surface area (Å²) in [7, 11) is 0. The number of anilines is 1. The van der Waals surface area contributed by atoms with Crippen LogP contribution in [0.15, 0.2) is 24.3 Å². The van der Waals surface area contributed by atoms with Gasteiger partial charge in [0.05, 0.1) is 5.69 Å². The summed E-state index contributed by atoms with van der Waals surface area (Å²) in [6, 6.07) is 7.79. The Morgan fingerprint density at radius 3 is 2.56 bits per heavy atom. The summed E-state index contributed by atoms with van der Waals surface area (Å²) in [6.45, 7) is 3.56. The highest BCUT2D eigenvalue weighted by molar-refractivity contribution is 5.51. The standard InChI is InChI=1S/C13H18N2O/c14-11-3-1-2-4-12(11)16-13-9-15-7-5-10(13)6-8-15/h1-4,10,13H,5-9,14H2. The van der Waals surface area contributed by atoms with Crippen molar-refractivity contribution in [3.8, 4) is 5.75 Å². The fraction of sp³-hybridized carbons (Fsp3) is 0.538. The molecule has 0 radical (unpaired) electrons. The minimum Gasteiger partial charge on any atom is -0.487 e. The van der Waals surface area contributed by atoms with E-state index in [1.54, 1.807) is 0 Å². The number of benzene rings is 1. The SMILES string of the molecule is Nc1ccccc1OC1CN2CCC1CC2. The van der Waals surface area contributed by atoms with Crippen LogP contribution in [0.1, 0.15) is 12.8 Å². The lowest BCUT2D eigenvalue weighted by molar-refractivity contribution is -0.00738. The Morgan fingerprint density at radius 2 is 1.94 bits per heavy atom. The van der Waals surface area contributed by atoms with Crippen LogP contribution in [-0.2, 0) is 0 Å². The second kappa shape index (κ2) is 3.98. The first kappa shape index (κ1) is 9.97. The van der Waals surface area contributed by atoms with E-state index >= 15 is 0 Å². The smallest absolute Gasteiger partial charge is 0.142 e. The second-order valence-corrected chi connectivity index (χ2v) is 4.83. The number of ether oxygens (including phenoxy) is 1. The van der Waals surface area contributed by atoms with Gasteiger partial charge in [-0.1, -0.05) is 12.1 Å². The number of hydrogen-bond donors (Lipinski definition) is 1. The average molecular weight is 218 g/mol. The lowest BCUT2D eigenvalue weighted by Gasteiger charge is -2.44. The van der Waals surface area contributed by atoms with Crippen LogP contribution in [0.3, 0.4) is 0 Å². The zero-order valence-electron chi connectivity index (χ0n) is 9.43. The molecule has 3 saturated heterocycles. The van der Waals surface area contributed by atoms with Crippen LogP contribution in [0, 0.1) is 5.92 Å². The Balaban J connectivity index is 1.73. The van der Waals surface area contributed by atoms with E-state index in [-0.39, 0.29) is 0 Å². The van der Waals surface area contributed by atoms with Crippen LogP contribution >= 0.6 is 0 Å². The Bertz CT molecular complexity index is 372. The van der Waals surface area contributed by atoms with Gasteiger partial charge in [-0.05, 0) is 44.0 Å². The molecular weight excluding hydrogens is 200 g/mol. The monoisotopic (exact) mass is 218 g/mol. The van der Waals surface area contributed by atoms with Crippen molar-refractivity contribution in [1.82, 2.24) is 4.90 Å². The first-order valence-electron chi connectivity index (χ1n) is 6.06. The van der Waals surface area contributed by atoms with Gasteiger partial charge in [-0.25, -0.2) is 0 Å². The molecule has 3 aliphatic heterocycles. The maximum absolute atomic E-state index is 6.05. The summed E-state index contributed by atoms with van der Waals surface area (Å²) in [4.78, 5) is 2.49. The summed E-state index contributed by atoms with van der Waals surface area (Å²) in [5, 5.41) is 0. The first-order chi connectivity index (χ1) is 7.83. The van der Waals surface area contributed by atoms with Crippen LogP contribution in [0.25, 0.3) is 0 Å². The molecular formula is C13H18N2O. The summed E-state index contributed by atoms with van der Waals surface area (Å²) in [6.07, 6.45) is 2.89. The van der Waals surface area contributed by atoms with Gasteiger partial charge in [0, 0.05) is 6.54 Å². The fourth-order valence-corrected chi connectivity index (χ4v) is 2.80. The summed E-state index contributed by atoms with van der Waals surface area (Å²) in [5.74, 6) is 1.57. The van der Waals surface area contributed by atoms with Crippen LogP contribution in [0.4, 0.5) is 5.69 Å². The highest BCUT2D eigenvalue weighted by Crippen LogP contribution is 2.32. The predicted molar refractivity (Wildman–Crippen MR) is 64.4 cm³/mol. The van der Waals surface area contributed by atoms with Crippen LogP contribution in [0.5, 0.6) is 5.75 Å². The third kappa shape index (κ3) is 1.76. The van der Waals surface area contributed by atoms with E-state index in [2.05, 4.69) is 4.90 Å². The van der Waals surface area contributed by atoms with Crippen molar-refractivity contribution >= 4 is 5.69 Å². The van der Waals surface area contributed by atoms with E-state index < -0.39 is 0 Å². The van der Waals surface area contributed by atoms with Gasteiger partial charge in [0.25, 0.3) is 0 Å². The van der Waals surface area contributed by atoms with Crippen LogP contribution < -0.4 is 10.5 Å². The van der Waals surface area contributed by atoms with E-state index in [1.165, 1.54) is 25.9 Å². The first-order valence-corrected chi connectivity index (χ1v) is 6.06. The number of rotatable bonds is 2. The molecule has 86 valence electrons. The van der Waals surface area contributed by atoms with Crippen LogP contribution in [0.2, 0.25) is 0 Å². The topological polar surface area (TPSA) is 38.5 Å². The van der Waals surface area contributed by atoms with Crippen molar-refractivity contribution in [3.63, 3.8) is 0 Å². The molecule has 0 spiro atoms. The fourth-order valence-electron chi connectivity index (χ4n) is 2.80. The van der Waals surface area contributed by atoms with Crippen molar-refractivity contribution in [2.75, 3.05) is 25.4 Å². The van der Waals surface area contributed by atoms with E-state index in [1.807, 2.05) is 24.3 Å². The zero-order valence-corrected chi connectivity index (χ0v) is 9.43. The molecule has 3 heteroatoms. The van der Waals surface area contributed by atoms with E-state index in [0.717, 1.165) is 23.9 Å². The summed E-state index contributed by atoms with van der Waals surface area (Å²) in [5.41, 5.74) is 6.65. The molecule has 2 bridgehead atoms. The van der Waals surface area contributed by atoms with Gasteiger partial charge in [0.15, 0.2) is 0 Å². The highest BCUT2D eigenvalue weighted by Gasteiger charge is 2.35. The van der Waals surface area contributed by atoms with Crippen molar-refractivity contribution in [2.24, 2.45) is 5.92 Å². The molecule has 0 saturated carbocycles. The van der Waals surface area contributed by atoms with Crippen molar-refractivity contribution in [3.05, 3.63) is 24.3 Å². The van der Waals surface area contributed by atoms with Crippen molar-refractivity contribution < 1.29 is 4.74 Å². The number of para-hydroxylation sites is 2. The van der Waals surface area contributed by atoms with Crippen LogP contribution in [-0.4, -0.2) is 30.6 Å². The lowest BCUT2D eigenvalue weighted by Crippen LogP contribution is -2.52. The number of nitrogens with two attached hydrogens (primary N) is 1. The molecule has 0 aliphatic carbocycles. The van der Waals surface area contributed by atoms with Gasteiger partial charge < -0.3 is 10.5 Å². The Hall–Kier alpha value is -1.22. The molecule has 3 fully saturated rings. The van der Waals surface area contributed by atoms with Gasteiger partial charge in [-0.3, -0.25) is 4.90 Å². The molecule has 1 unspecified atom stereocenters. The van der Waals surface area contributed by atoms with Gasteiger partial charge in [0.2, 0.25) is 0 Å². The maximum atomic E-state index is 6.05. The summed E-state index contributed by atoms with van der Waals surface area (Å²) < 4.78 is 6.05. The van der Waals surface area contributed by atoms with Gasteiger partial charge in [-0.15, -0.1) is 0 Å². The molecule has 16 heavy (non-hydrogen) atoms. The Labute approximate surface area is 96.2 Å². The molecule has 1 atom stereocenters. The molecule has 3 nitrogen and oxygen atoms in total. The second-order valence-electron chi connectivity index (χ2n) is 4.83. The molecule has 1 aromatic carbocycles. The largest absolute Gasteiger partial charge is 0.487 e. The number of fused-ring (bicyclic) bond motifs is 3. The normalized spacial score (nSPS) is 32.6. The van der Waals surface area contributed by atoms with Crippen molar-refractivity contribution in [2.45, 2.75) is 18.9 Å². The van der Waals surface area contributed by atoms with E-state index in [0.29, 0.717) is 6.10 Å². The Kier molecular flexibility index (Phi) is 2.48. The Morgan fingerprint density at radius 1 is 1.19 bits per heavy atom. The number of piperidine rings is 3. The molecule has 0 amide bonds. The highest BCUT2D eigenvalue weighted by atomic mass is 16.5.